The minimum atomic E-state index is -4.64. The van der Waals surface area contributed by atoms with Crippen LogP contribution in [0.15, 0.2) is 65.6 Å². The van der Waals surface area contributed by atoms with Gasteiger partial charge < -0.3 is 33.2 Å². The molecule has 0 bridgehead atoms. The van der Waals surface area contributed by atoms with Crippen molar-refractivity contribution in [2.24, 2.45) is 11.8 Å². The normalized spacial score (nSPS) is 23.5. The quantitative estimate of drug-likeness (QED) is 0.218. The van der Waals surface area contributed by atoms with Gasteiger partial charge in [-0.15, -0.1) is 0 Å². The van der Waals surface area contributed by atoms with Crippen molar-refractivity contribution in [3.63, 3.8) is 0 Å². The van der Waals surface area contributed by atoms with Crippen molar-refractivity contribution in [3.8, 4) is 17.2 Å². The number of hydrogen-bond acceptors (Lipinski definition) is 11. The zero-order chi connectivity index (χ0) is 39.1. The minimum Gasteiger partial charge on any atom is -0.489 e. The topological polar surface area (TPSA) is 131 Å². The summed E-state index contributed by atoms with van der Waals surface area (Å²) in [6.07, 6.45) is -5.59. The number of halogens is 3. The van der Waals surface area contributed by atoms with Crippen molar-refractivity contribution < 1.29 is 59.5 Å². The third kappa shape index (κ3) is 8.68. The molecule has 3 aromatic rings. The number of carbonyl (C=O) groups is 1. The smallest absolute Gasteiger partial charge is 0.424 e. The lowest BCUT2D eigenvalue weighted by Gasteiger charge is -2.35. The summed E-state index contributed by atoms with van der Waals surface area (Å²) < 4.78 is 111. The Morgan fingerprint density at radius 1 is 0.982 bits per heavy atom. The lowest BCUT2D eigenvalue weighted by atomic mass is 9.99. The molecule has 4 aliphatic heterocycles. The van der Waals surface area contributed by atoms with Crippen LogP contribution in [0.1, 0.15) is 56.4 Å². The first-order chi connectivity index (χ1) is 26.1. The monoisotopic (exact) mass is 790 g/mol. The second-order valence-corrected chi connectivity index (χ2v) is 16.9. The van der Waals surface area contributed by atoms with Gasteiger partial charge in [-0.1, -0.05) is 38.1 Å². The lowest BCUT2D eigenvalue weighted by Crippen LogP contribution is -2.57. The third-order valence-corrected chi connectivity index (χ3v) is 11.9. The highest BCUT2D eigenvalue weighted by molar-refractivity contribution is 7.89. The number of amides is 1. The van der Waals surface area contributed by atoms with Crippen LogP contribution in [0.3, 0.4) is 0 Å². The Morgan fingerprint density at radius 2 is 1.71 bits per heavy atom. The van der Waals surface area contributed by atoms with Crippen LogP contribution in [0.5, 0.6) is 17.2 Å². The van der Waals surface area contributed by atoms with Gasteiger partial charge in [-0.05, 0) is 86.1 Å². The Hall–Kier alpha value is -4.09. The van der Waals surface area contributed by atoms with Crippen LogP contribution in [0.25, 0.3) is 0 Å². The van der Waals surface area contributed by atoms with E-state index in [0.29, 0.717) is 47.6 Å². The number of ether oxygens (including phenoxy) is 7. The fourth-order valence-electron chi connectivity index (χ4n) is 7.39. The average Bonchev–Trinajstić information content (AvgIpc) is 3.93. The van der Waals surface area contributed by atoms with E-state index in [1.165, 1.54) is 24.3 Å². The molecule has 0 radical (unpaired) electrons. The van der Waals surface area contributed by atoms with Crippen molar-refractivity contribution in [1.82, 2.24) is 9.62 Å². The molecule has 1 N–H and O–H groups in total. The Bertz CT molecular complexity index is 1960. The number of alkyl halides is 3. The molecule has 7 rings (SSSR count). The molecule has 298 valence electrons. The molecule has 4 aliphatic rings. The molecular formula is C39H45F3N2O10S. The zero-order valence-electron chi connectivity index (χ0n) is 31.0. The van der Waals surface area contributed by atoms with Gasteiger partial charge in [-0.25, -0.2) is 13.2 Å². The summed E-state index contributed by atoms with van der Waals surface area (Å²) in [5, 5.41) is 3.36. The van der Waals surface area contributed by atoms with Crippen LogP contribution in [0, 0.1) is 11.8 Å². The van der Waals surface area contributed by atoms with Gasteiger partial charge in [0.05, 0.1) is 48.3 Å². The summed E-state index contributed by atoms with van der Waals surface area (Å²) in [6.45, 7) is 8.20. The van der Waals surface area contributed by atoms with E-state index in [-0.39, 0.29) is 55.5 Å². The van der Waals surface area contributed by atoms with Gasteiger partial charge in [0.2, 0.25) is 6.79 Å². The second-order valence-electron chi connectivity index (χ2n) is 15.1. The van der Waals surface area contributed by atoms with Gasteiger partial charge in [0.1, 0.15) is 24.2 Å². The van der Waals surface area contributed by atoms with E-state index in [1.54, 1.807) is 24.3 Å². The van der Waals surface area contributed by atoms with E-state index in [0.717, 1.165) is 16.4 Å². The summed E-state index contributed by atoms with van der Waals surface area (Å²) in [5.74, 6) is 1.11. The third-order valence-electron chi connectivity index (χ3n) is 10.1. The molecule has 3 aromatic carbocycles. The van der Waals surface area contributed by atoms with Crippen molar-refractivity contribution in [2.45, 2.75) is 94.8 Å². The highest BCUT2D eigenvalue weighted by atomic mass is 32.2. The fourth-order valence-corrected chi connectivity index (χ4v) is 8.98. The van der Waals surface area contributed by atoms with Gasteiger partial charge in [0, 0.05) is 6.07 Å². The number of benzene rings is 3. The van der Waals surface area contributed by atoms with E-state index in [2.05, 4.69) is 5.32 Å². The number of carbonyl (C=O) groups excluding carboxylic acids is 1. The maximum atomic E-state index is 15.0. The molecule has 0 aromatic heterocycles. The minimum absolute atomic E-state index is 0.0302. The molecule has 0 aliphatic carbocycles. The summed E-state index contributed by atoms with van der Waals surface area (Å²) in [5.41, 5.74) is 0.290. The van der Waals surface area contributed by atoms with E-state index < -0.39 is 58.1 Å². The molecule has 12 nitrogen and oxygen atoms in total. The van der Waals surface area contributed by atoms with Crippen molar-refractivity contribution in [2.75, 3.05) is 26.6 Å². The maximum Gasteiger partial charge on any atom is 0.424 e. The summed E-state index contributed by atoms with van der Waals surface area (Å²) in [6, 6.07) is 12.8. The number of sulfonamides is 1. The van der Waals surface area contributed by atoms with Gasteiger partial charge >= 0.3 is 12.3 Å². The van der Waals surface area contributed by atoms with E-state index in [1.807, 2.05) is 27.7 Å². The van der Waals surface area contributed by atoms with E-state index in [4.69, 9.17) is 33.2 Å². The molecule has 55 heavy (non-hydrogen) atoms. The molecule has 0 saturated carbocycles. The van der Waals surface area contributed by atoms with E-state index >= 15 is 8.42 Å². The number of rotatable bonds is 12. The van der Waals surface area contributed by atoms with Gasteiger partial charge in [0.15, 0.2) is 17.8 Å². The van der Waals surface area contributed by atoms with Crippen LogP contribution < -0.4 is 19.5 Å². The molecule has 1 amide bonds. The molecule has 5 atom stereocenters. The van der Waals surface area contributed by atoms with Crippen LogP contribution >= 0.6 is 0 Å². The number of fused-ring (bicyclic) bond motifs is 2. The first-order valence-electron chi connectivity index (χ1n) is 18.3. The SMILES string of the molecule is CC(C)Cc1cc(S(=O)(=O)N(C(=O)O[C@H]2CO[C@H]3OCC[C@H]32)C(Cc2ccc(OCc3ccc(C(F)(F)F)cc3)cc2)[C@H]2COC(C)(C)N2)cc2c1OCO2. The van der Waals surface area contributed by atoms with E-state index in [9.17, 15) is 18.0 Å². The van der Waals surface area contributed by atoms with Gasteiger partial charge in [-0.2, -0.15) is 17.5 Å². The van der Waals surface area contributed by atoms with Crippen molar-refractivity contribution >= 4 is 16.1 Å². The predicted octanol–water partition coefficient (Wildman–Crippen LogP) is 6.44. The van der Waals surface area contributed by atoms with Crippen LogP contribution in [-0.2, 0) is 54.6 Å². The van der Waals surface area contributed by atoms with Crippen molar-refractivity contribution in [1.29, 1.82) is 0 Å². The highest BCUT2D eigenvalue weighted by Gasteiger charge is 2.49. The first kappa shape index (κ1) is 39.2. The number of nitrogens with zero attached hydrogens (tertiary/aromatic N) is 1. The van der Waals surface area contributed by atoms with Crippen LogP contribution in [-0.4, -0.2) is 75.6 Å². The Balaban J connectivity index is 1.20. The fraction of sp³-hybridized carbons (Fsp3) is 0.513. The molecule has 3 fully saturated rings. The first-order valence-corrected chi connectivity index (χ1v) is 19.7. The second kappa shape index (κ2) is 15.4. The lowest BCUT2D eigenvalue weighted by molar-refractivity contribution is -0.137. The predicted molar refractivity (Wildman–Crippen MR) is 191 cm³/mol. The van der Waals surface area contributed by atoms with Crippen LogP contribution in [0.2, 0.25) is 0 Å². The molecule has 1 unspecified atom stereocenters. The Morgan fingerprint density at radius 3 is 2.38 bits per heavy atom. The molecule has 16 heteroatoms. The largest absolute Gasteiger partial charge is 0.489 e. The maximum absolute atomic E-state index is 15.0. The van der Waals surface area contributed by atoms with Crippen molar-refractivity contribution in [3.05, 3.63) is 82.9 Å². The summed E-state index contributed by atoms with van der Waals surface area (Å²) >= 11 is 0. The van der Waals surface area contributed by atoms with Crippen LogP contribution in [0.4, 0.5) is 18.0 Å². The Kier molecular flexibility index (Phi) is 11.0. The molecule has 3 saturated heterocycles. The highest BCUT2D eigenvalue weighted by Crippen LogP contribution is 2.41. The van der Waals surface area contributed by atoms with Gasteiger partial charge in [-0.3, -0.25) is 5.32 Å². The molecule has 4 heterocycles. The standard InChI is InChI=1S/C39H45F3N2O10S/c1-23(2)15-26-17-29(18-33-35(26)52-22-51-33)55(46,47)44(37(45)54-34-21-50-36-30(34)13-14-48-36)32(31-20-53-38(3,4)43-31)16-24-7-11-28(12-8-24)49-19-25-5-9-27(10-6-25)39(40,41)42/h5-12,17-18,23,30-32,34,36,43H,13-16,19-22H2,1-4H3/t30-,31+,32?,34-,36+/m0/s1. The molecular weight excluding hydrogens is 745 g/mol. The zero-order valence-corrected chi connectivity index (χ0v) is 31.8. The van der Waals surface area contributed by atoms with Gasteiger partial charge in [0.25, 0.3) is 10.0 Å². The summed E-state index contributed by atoms with van der Waals surface area (Å²) in [7, 11) is -4.64. The number of nitrogens with one attached hydrogen (secondary N) is 1. The average molecular weight is 791 g/mol. The molecule has 0 spiro atoms. The summed E-state index contributed by atoms with van der Waals surface area (Å²) in [4.78, 5) is 14.4. The number of hydrogen-bond donors (Lipinski definition) is 1. The Labute approximate surface area is 318 Å².